The smallest absolute Gasteiger partial charge is 0.339 e. The van der Waals surface area contributed by atoms with E-state index in [2.05, 4.69) is 16.6 Å². The van der Waals surface area contributed by atoms with Crippen molar-refractivity contribution >= 4 is 11.9 Å². The molecule has 0 bridgehead atoms. The van der Waals surface area contributed by atoms with Gasteiger partial charge >= 0.3 is 11.9 Å². The first-order valence-electron chi connectivity index (χ1n) is 4.75. The Morgan fingerprint density at radius 1 is 1.18 bits per heavy atom. The summed E-state index contributed by atoms with van der Waals surface area (Å²) in [6.07, 6.45) is 9.58. The van der Waals surface area contributed by atoms with E-state index in [4.69, 9.17) is 22.3 Å². The Labute approximate surface area is 100 Å². The summed E-state index contributed by atoms with van der Waals surface area (Å²) >= 11 is 0. The molecule has 0 fully saturated rings. The van der Waals surface area contributed by atoms with Crippen molar-refractivity contribution in [1.82, 2.24) is 0 Å². The second kappa shape index (κ2) is 7.32. The van der Waals surface area contributed by atoms with E-state index in [1.807, 2.05) is 0 Å². The Kier molecular flexibility index (Phi) is 6.47. The summed E-state index contributed by atoms with van der Waals surface area (Å²) in [5, 5.41) is 0. The number of rotatable bonds is 6. The van der Waals surface area contributed by atoms with Crippen LogP contribution in [0.2, 0.25) is 0 Å². The molecule has 0 aliphatic rings. The van der Waals surface area contributed by atoms with E-state index in [1.54, 1.807) is 0 Å². The van der Waals surface area contributed by atoms with Crippen LogP contribution in [-0.4, -0.2) is 37.9 Å². The van der Waals surface area contributed by atoms with Crippen molar-refractivity contribution in [2.24, 2.45) is 0 Å². The van der Waals surface area contributed by atoms with Gasteiger partial charge in [-0.15, -0.1) is 12.8 Å². The highest BCUT2D eigenvalue weighted by Crippen LogP contribution is 2.17. The van der Waals surface area contributed by atoms with Crippen LogP contribution >= 0.6 is 0 Å². The van der Waals surface area contributed by atoms with Crippen LogP contribution in [0.4, 0.5) is 0 Å². The molecular weight excluding hydrogens is 224 g/mol. The Balaban J connectivity index is 4.47. The molecule has 5 heteroatoms. The van der Waals surface area contributed by atoms with Gasteiger partial charge in [0.2, 0.25) is 0 Å². The molecule has 0 aliphatic carbocycles. The summed E-state index contributed by atoms with van der Waals surface area (Å²) in [6, 6.07) is 0. The van der Waals surface area contributed by atoms with E-state index >= 15 is 0 Å². The lowest BCUT2D eigenvalue weighted by molar-refractivity contribution is -0.172. The molecule has 1 atom stereocenters. The van der Waals surface area contributed by atoms with Crippen LogP contribution in [-0.2, 0) is 23.8 Å². The van der Waals surface area contributed by atoms with E-state index in [9.17, 15) is 9.59 Å². The molecule has 5 nitrogen and oxygen atoms in total. The van der Waals surface area contributed by atoms with Crippen molar-refractivity contribution in [3.63, 3.8) is 0 Å². The van der Waals surface area contributed by atoms with Gasteiger partial charge in [-0.3, -0.25) is 4.79 Å². The van der Waals surface area contributed by atoms with Crippen molar-refractivity contribution in [3.8, 4) is 24.7 Å². The lowest BCUT2D eigenvalue weighted by atomic mass is 10.0. The van der Waals surface area contributed by atoms with Gasteiger partial charge in [0, 0.05) is 7.11 Å². The molecule has 0 radical (unpaired) electrons. The highest BCUT2D eigenvalue weighted by atomic mass is 16.6. The summed E-state index contributed by atoms with van der Waals surface area (Å²) in [5.41, 5.74) is -1.43. The minimum absolute atomic E-state index is 0.155. The summed E-state index contributed by atoms with van der Waals surface area (Å²) < 4.78 is 14.3. The van der Waals surface area contributed by atoms with E-state index in [0.29, 0.717) is 0 Å². The minimum Gasteiger partial charge on any atom is -0.452 e. The van der Waals surface area contributed by atoms with Gasteiger partial charge < -0.3 is 14.2 Å². The standard InChI is InChI=1S/C12H14O5/c1-5-7-16-10(13)9-12(3,15-4)11(14)17-8-6-2/h1-2H,7-9H2,3-4H3. The molecular formula is C12H14O5. The monoisotopic (exact) mass is 238 g/mol. The largest absolute Gasteiger partial charge is 0.452 e. The molecule has 0 aromatic rings. The maximum Gasteiger partial charge on any atom is 0.339 e. The number of methoxy groups -OCH3 is 1. The third-order valence-electron chi connectivity index (χ3n) is 1.97. The van der Waals surface area contributed by atoms with Gasteiger partial charge in [-0.1, -0.05) is 11.8 Å². The molecule has 17 heavy (non-hydrogen) atoms. The molecule has 0 N–H and O–H groups in total. The zero-order valence-corrected chi connectivity index (χ0v) is 9.82. The van der Waals surface area contributed by atoms with Crippen LogP contribution in [0.3, 0.4) is 0 Å². The van der Waals surface area contributed by atoms with Crippen LogP contribution in [0.25, 0.3) is 0 Å². The van der Waals surface area contributed by atoms with Crippen LogP contribution in [0.1, 0.15) is 13.3 Å². The molecule has 1 unspecified atom stereocenters. The number of ether oxygens (including phenoxy) is 3. The molecule has 0 saturated heterocycles. The number of carbonyl (C=O) groups excluding carboxylic acids is 2. The Morgan fingerprint density at radius 3 is 2.18 bits per heavy atom. The molecule has 0 aliphatic heterocycles. The van der Waals surface area contributed by atoms with Crippen molar-refractivity contribution in [2.45, 2.75) is 18.9 Å². The predicted octanol–water partition coefficient (Wildman–Crippen LogP) is 0.134. The van der Waals surface area contributed by atoms with Gasteiger partial charge in [-0.2, -0.15) is 0 Å². The molecule has 0 spiro atoms. The van der Waals surface area contributed by atoms with Crippen molar-refractivity contribution < 1.29 is 23.8 Å². The SMILES string of the molecule is C#CCOC(=O)CC(C)(OC)C(=O)OCC#C. The quantitative estimate of drug-likeness (QED) is 0.486. The lowest BCUT2D eigenvalue weighted by Gasteiger charge is -2.24. The summed E-state index contributed by atoms with van der Waals surface area (Å²) in [5.74, 6) is 2.91. The van der Waals surface area contributed by atoms with Crippen LogP contribution < -0.4 is 0 Å². The van der Waals surface area contributed by atoms with Gasteiger partial charge in [-0.25, -0.2) is 4.79 Å². The van der Waals surface area contributed by atoms with Crippen molar-refractivity contribution in [1.29, 1.82) is 0 Å². The fraction of sp³-hybridized carbons (Fsp3) is 0.500. The third kappa shape index (κ3) is 5.05. The third-order valence-corrected chi connectivity index (χ3v) is 1.97. The van der Waals surface area contributed by atoms with E-state index in [-0.39, 0.29) is 19.6 Å². The number of carbonyl (C=O) groups is 2. The minimum atomic E-state index is -1.43. The Hall–Kier alpha value is -1.98. The van der Waals surface area contributed by atoms with Crippen molar-refractivity contribution in [2.75, 3.05) is 20.3 Å². The topological polar surface area (TPSA) is 61.8 Å². The summed E-state index contributed by atoms with van der Waals surface area (Å²) in [7, 11) is 1.28. The van der Waals surface area contributed by atoms with E-state index in [0.717, 1.165) is 0 Å². The number of esters is 2. The van der Waals surface area contributed by atoms with Gasteiger partial charge in [0.15, 0.2) is 18.8 Å². The first kappa shape index (κ1) is 15.0. The normalized spacial score (nSPS) is 12.7. The van der Waals surface area contributed by atoms with E-state index in [1.165, 1.54) is 14.0 Å². The average Bonchev–Trinajstić information content (AvgIpc) is 2.32. The fourth-order valence-electron chi connectivity index (χ4n) is 0.936. The molecule has 0 amide bonds. The predicted molar refractivity (Wildman–Crippen MR) is 59.6 cm³/mol. The van der Waals surface area contributed by atoms with Crippen LogP contribution in [0, 0.1) is 24.7 Å². The number of hydrogen-bond acceptors (Lipinski definition) is 5. The summed E-state index contributed by atoms with van der Waals surface area (Å²) in [6.45, 7) is 1.07. The zero-order chi connectivity index (χ0) is 13.3. The maximum atomic E-state index is 11.6. The van der Waals surface area contributed by atoms with Crippen LogP contribution in [0.5, 0.6) is 0 Å². The maximum absolute atomic E-state index is 11.6. The van der Waals surface area contributed by atoms with Gasteiger partial charge in [-0.05, 0) is 6.92 Å². The summed E-state index contributed by atoms with van der Waals surface area (Å²) in [4.78, 5) is 22.9. The molecule has 0 aromatic heterocycles. The first-order valence-corrected chi connectivity index (χ1v) is 4.75. The first-order chi connectivity index (χ1) is 8.00. The molecule has 0 aromatic carbocycles. The Morgan fingerprint density at radius 2 is 1.71 bits per heavy atom. The van der Waals surface area contributed by atoms with Crippen molar-refractivity contribution in [3.05, 3.63) is 0 Å². The highest BCUT2D eigenvalue weighted by Gasteiger charge is 2.38. The lowest BCUT2D eigenvalue weighted by Crippen LogP contribution is -2.41. The van der Waals surface area contributed by atoms with Gasteiger partial charge in [0.05, 0.1) is 6.42 Å². The van der Waals surface area contributed by atoms with Gasteiger partial charge in [0.25, 0.3) is 0 Å². The number of hydrogen-bond donors (Lipinski definition) is 0. The average molecular weight is 238 g/mol. The molecule has 92 valence electrons. The molecule has 0 rings (SSSR count). The zero-order valence-electron chi connectivity index (χ0n) is 9.82. The number of terminal acetylenes is 2. The Bertz CT molecular complexity index is 360. The van der Waals surface area contributed by atoms with Gasteiger partial charge in [0.1, 0.15) is 0 Å². The second-order valence-electron chi connectivity index (χ2n) is 3.26. The van der Waals surface area contributed by atoms with Crippen LogP contribution in [0.15, 0.2) is 0 Å². The molecule has 0 saturated carbocycles. The fourth-order valence-corrected chi connectivity index (χ4v) is 0.936. The highest BCUT2D eigenvalue weighted by molar-refractivity contribution is 5.85. The van der Waals surface area contributed by atoms with E-state index < -0.39 is 17.5 Å². The second-order valence-corrected chi connectivity index (χ2v) is 3.26. The molecule has 0 heterocycles.